The number of aliphatic carboxylic acids is 1. The minimum absolute atomic E-state index is 0.0271. The summed E-state index contributed by atoms with van der Waals surface area (Å²) in [5, 5.41) is 20.5. The van der Waals surface area contributed by atoms with Crippen LogP contribution in [0.1, 0.15) is 452 Å². The Labute approximate surface area is 497 Å². The molecule has 2 atom stereocenters. The fourth-order valence-corrected chi connectivity index (χ4v) is 12.0. The quantitative estimate of drug-likeness (QED) is 0.0468. The van der Waals surface area contributed by atoms with Crippen LogP contribution in [0, 0.1) is 0 Å². The van der Waals surface area contributed by atoms with E-state index in [1.54, 1.807) is 0 Å². The number of hydrogen-bond donors (Lipinski definition) is 2. The summed E-state index contributed by atoms with van der Waals surface area (Å²) < 4.78 is 6.02. The van der Waals surface area contributed by atoms with E-state index in [1.807, 2.05) is 0 Å². The molecule has 0 saturated carbocycles. The lowest BCUT2D eigenvalue weighted by Gasteiger charge is -2.30. The number of aliphatic hydroxyl groups excluding tert-OH is 1. The highest BCUT2D eigenvalue weighted by Crippen LogP contribution is 2.30. The molecular weight excluding hydrogens is 969 g/mol. The van der Waals surface area contributed by atoms with Gasteiger partial charge in [0.1, 0.15) is 0 Å². The zero-order valence-corrected chi connectivity index (χ0v) is 55.2. The molecule has 474 valence electrons. The van der Waals surface area contributed by atoms with Crippen LogP contribution >= 0.6 is 0 Å². The molecule has 2 N–H and O–H groups in total. The molecule has 0 bridgehead atoms. The summed E-state index contributed by atoms with van der Waals surface area (Å²) in [6.45, 7) is 11.4. The third-order valence-corrected chi connectivity index (χ3v) is 17.6. The number of carboxylic acid groups (broad SMARTS) is 1. The van der Waals surface area contributed by atoms with Crippen LogP contribution in [0.5, 0.6) is 0 Å². The second-order valence-electron chi connectivity index (χ2n) is 25.7. The predicted octanol–water partition coefficient (Wildman–Crippen LogP) is 26.2. The van der Waals surface area contributed by atoms with Crippen LogP contribution in [-0.4, -0.2) is 33.9 Å². The van der Waals surface area contributed by atoms with E-state index >= 15 is 0 Å². The topological polar surface area (TPSA) is 83.8 Å². The van der Waals surface area contributed by atoms with Crippen LogP contribution in [0.2, 0.25) is 0 Å². The molecule has 0 radical (unpaired) electrons. The number of unbranched alkanes of at least 4 members (excludes halogenated alkanes) is 55. The third-order valence-electron chi connectivity index (χ3n) is 17.6. The van der Waals surface area contributed by atoms with Crippen LogP contribution in [0.25, 0.3) is 0 Å². The Morgan fingerprint density at radius 2 is 0.456 bits per heavy atom. The van der Waals surface area contributed by atoms with Gasteiger partial charge < -0.3 is 14.9 Å². The molecule has 2 unspecified atom stereocenters. The largest absolute Gasteiger partial charge is 0.478 e. The first kappa shape index (κ1) is 80.0. The van der Waals surface area contributed by atoms with Crippen molar-refractivity contribution >= 4 is 11.9 Å². The highest BCUT2D eigenvalue weighted by molar-refractivity contribution is 5.82. The van der Waals surface area contributed by atoms with Gasteiger partial charge in [0.2, 0.25) is 5.60 Å². The molecule has 5 nitrogen and oxygen atoms in total. The Kier molecular flexibility index (Phi) is 70.2. The summed E-state index contributed by atoms with van der Waals surface area (Å²) in [5.41, 5.74) is -1.35. The molecule has 0 rings (SSSR count). The number of carboxylic acids is 1. The minimum Gasteiger partial charge on any atom is -0.478 e. The Morgan fingerprint density at radius 3 is 0.658 bits per heavy atom. The van der Waals surface area contributed by atoms with Crippen molar-refractivity contribution in [3.05, 3.63) is 0 Å². The Morgan fingerprint density at radius 1 is 0.278 bits per heavy atom. The van der Waals surface area contributed by atoms with Crippen LogP contribution in [0.15, 0.2) is 0 Å². The number of carbonyl (C=O) groups excluding carboxylic acids is 1. The Balaban J connectivity index is 0. The molecular formula is C74H148O5. The summed E-state index contributed by atoms with van der Waals surface area (Å²) in [7, 11) is 0. The van der Waals surface area contributed by atoms with Crippen molar-refractivity contribution in [1.82, 2.24) is 0 Å². The first-order chi connectivity index (χ1) is 38.8. The standard InChI is InChI=1S/C54H106O4.C20H42O/c1-4-7-10-13-16-19-22-25-28-30-33-36-39-42-45-48-51-54(53(56)57,50-47-44-41-38-35-32-27-24-21-18-15-12-9-6-3)58-52(55)49-46-43-40-37-34-31-29-26-23-20-17-14-11-8-5-2;1-3-5-7-9-11-12-13-15-17-19-20(21)18-16-14-10-8-6-4-2/h4-51H2,1-3H3,(H,56,57);20-21H,3-19H2,1-2H3. The van der Waals surface area contributed by atoms with Crippen LogP contribution in [0.3, 0.4) is 0 Å². The molecule has 0 aromatic rings. The Hall–Kier alpha value is -1.10. The average molecular weight is 1120 g/mol. The van der Waals surface area contributed by atoms with Crippen molar-refractivity contribution in [1.29, 1.82) is 0 Å². The molecule has 0 aliphatic rings. The van der Waals surface area contributed by atoms with Gasteiger partial charge in [0.05, 0.1) is 6.10 Å². The number of carbonyl (C=O) groups is 2. The monoisotopic (exact) mass is 1120 g/mol. The van der Waals surface area contributed by atoms with Crippen LogP contribution < -0.4 is 0 Å². The van der Waals surface area contributed by atoms with E-state index < -0.39 is 11.6 Å². The second-order valence-corrected chi connectivity index (χ2v) is 25.7. The maximum atomic E-state index is 13.1. The lowest BCUT2D eigenvalue weighted by molar-refractivity contribution is -0.181. The highest BCUT2D eigenvalue weighted by atomic mass is 16.6. The molecule has 0 spiro atoms. The van der Waals surface area contributed by atoms with Crippen molar-refractivity contribution in [3.63, 3.8) is 0 Å². The maximum Gasteiger partial charge on any atom is 0.348 e. The lowest BCUT2D eigenvalue weighted by atomic mass is 9.89. The fourth-order valence-electron chi connectivity index (χ4n) is 12.0. The molecule has 0 fully saturated rings. The van der Waals surface area contributed by atoms with Gasteiger partial charge in [-0.25, -0.2) is 4.79 Å². The zero-order chi connectivity index (χ0) is 57.9. The molecule has 5 heteroatoms. The van der Waals surface area contributed by atoms with Gasteiger partial charge in [0.25, 0.3) is 0 Å². The van der Waals surface area contributed by atoms with Crippen molar-refractivity contribution in [2.75, 3.05) is 0 Å². The number of hydrogen-bond acceptors (Lipinski definition) is 4. The van der Waals surface area contributed by atoms with E-state index in [0.717, 1.165) is 70.6 Å². The maximum absolute atomic E-state index is 13.1. The summed E-state index contributed by atoms with van der Waals surface area (Å²) in [5.74, 6) is -1.22. The van der Waals surface area contributed by atoms with Crippen molar-refractivity contribution < 1.29 is 24.5 Å². The number of ether oxygens (including phenoxy) is 1. The van der Waals surface area contributed by atoms with Crippen LogP contribution in [-0.2, 0) is 14.3 Å². The molecule has 0 aliphatic carbocycles. The van der Waals surface area contributed by atoms with Crippen LogP contribution in [0.4, 0.5) is 0 Å². The predicted molar refractivity (Wildman–Crippen MR) is 351 cm³/mol. The van der Waals surface area contributed by atoms with Gasteiger partial charge >= 0.3 is 11.9 Å². The van der Waals surface area contributed by atoms with Crippen molar-refractivity contribution in [3.8, 4) is 0 Å². The van der Waals surface area contributed by atoms with Gasteiger partial charge in [-0.1, -0.05) is 401 Å². The summed E-state index contributed by atoms with van der Waals surface area (Å²) in [4.78, 5) is 26.0. The van der Waals surface area contributed by atoms with E-state index in [0.29, 0.717) is 19.3 Å². The fraction of sp³-hybridized carbons (Fsp3) is 0.973. The SMILES string of the molecule is CCCCCCCCCCCC(O)CCCCCCCC.CCCCCCCCCCCCCCCCCCC(CCCCCCCCCCCCCCCC)(OC(=O)CCCCCCCCCCCCCCCCC)C(=O)O. The molecule has 0 heterocycles. The van der Waals surface area contributed by atoms with E-state index in [4.69, 9.17) is 4.74 Å². The average Bonchev–Trinajstić information content (AvgIpc) is 3.45. The van der Waals surface area contributed by atoms with Gasteiger partial charge in [-0.15, -0.1) is 0 Å². The smallest absolute Gasteiger partial charge is 0.348 e. The number of esters is 1. The molecule has 0 amide bonds. The Bertz CT molecular complexity index is 1140. The van der Waals surface area contributed by atoms with E-state index in [-0.39, 0.29) is 12.1 Å². The number of rotatable bonds is 67. The first-order valence-electron chi connectivity index (χ1n) is 37.0. The van der Waals surface area contributed by atoms with Gasteiger partial charge in [-0.3, -0.25) is 4.79 Å². The summed E-state index contributed by atoms with van der Waals surface area (Å²) in [6, 6.07) is 0. The van der Waals surface area contributed by atoms with E-state index in [1.165, 1.54) is 327 Å². The molecule has 0 aromatic carbocycles. The molecule has 0 aromatic heterocycles. The van der Waals surface area contributed by atoms with Crippen molar-refractivity contribution in [2.45, 2.75) is 464 Å². The lowest BCUT2D eigenvalue weighted by Crippen LogP contribution is -2.43. The number of aliphatic hydroxyl groups is 1. The summed E-state index contributed by atoms with van der Waals surface area (Å²) >= 11 is 0. The minimum atomic E-state index is -1.35. The highest BCUT2D eigenvalue weighted by Gasteiger charge is 2.41. The summed E-state index contributed by atoms with van der Waals surface area (Å²) in [6.07, 6.45) is 81.6. The normalized spacial score (nSPS) is 12.6. The van der Waals surface area contributed by atoms with Gasteiger partial charge in [0, 0.05) is 6.42 Å². The molecule has 0 aliphatic heterocycles. The first-order valence-corrected chi connectivity index (χ1v) is 37.0. The van der Waals surface area contributed by atoms with Gasteiger partial charge in [-0.05, 0) is 44.9 Å². The van der Waals surface area contributed by atoms with Gasteiger partial charge in [-0.2, -0.15) is 0 Å². The second kappa shape index (κ2) is 69.4. The molecule has 0 saturated heterocycles. The third kappa shape index (κ3) is 64.3. The molecule has 79 heavy (non-hydrogen) atoms. The van der Waals surface area contributed by atoms with E-state index in [9.17, 15) is 19.8 Å². The van der Waals surface area contributed by atoms with E-state index in [2.05, 4.69) is 34.6 Å². The van der Waals surface area contributed by atoms with Gasteiger partial charge in [0.15, 0.2) is 0 Å². The zero-order valence-electron chi connectivity index (χ0n) is 55.2. The van der Waals surface area contributed by atoms with Crippen molar-refractivity contribution in [2.24, 2.45) is 0 Å².